The van der Waals surface area contributed by atoms with E-state index in [1.807, 2.05) is 0 Å². The third-order valence-electron chi connectivity index (χ3n) is 3.77. The fraction of sp³-hybridized carbons (Fsp3) is 0.647. The van der Waals surface area contributed by atoms with Crippen molar-refractivity contribution >= 4 is 0 Å². The molecule has 102 valence electrons. The van der Waals surface area contributed by atoms with Gasteiger partial charge in [-0.2, -0.15) is 0 Å². The van der Waals surface area contributed by atoms with Gasteiger partial charge in [0, 0.05) is 12.1 Å². The van der Waals surface area contributed by atoms with Crippen LogP contribution in [0.15, 0.2) is 24.3 Å². The van der Waals surface area contributed by atoms with Crippen LogP contribution in [0.3, 0.4) is 0 Å². The average molecular weight is 247 g/mol. The highest BCUT2D eigenvalue weighted by Gasteiger charge is 2.13. The van der Waals surface area contributed by atoms with E-state index in [2.05, 4.69) is 57.3 Å². The lowest BCUT2D eigenvalue weighted by atomic mass is 9.99. The molecule has 1 nitrogen and oxygen atoms in total. The minimum absolute atomic E-state index is 0.507. The first-order valence-electron chi connectivity index (χ1n) is 7.59. The van der Waals surface area contributed by atoms with E-state index in [9.17, 15) is 0 Å². The molecule has 2 atom stereocenters. The van der Waals surface area contributed by atoms with Gasteiger partial charge in [-0.1, -0.05) is 58.4 Å². The molecule has 18 heavy (non-hydrogen) atoms. The second-order valence-electron chi connectivity index (χ2n) is 5.12. The largest absolute Gasteiger partial charge is 0.307 e. The molecule has 0 spiro atoms. The Kier molecular flexibility index (Phi) is 7.04. The molecule has 2 unspecified atom stereocenters. The quantitative estimate of drug-likeness (QED) is 0.691. The third-order valence-corrected chi connectivity index (χ3v) is 3.77. The Balaban J connectivity index is 2.68. The number of aryl methyl sites for hydroxylation is 1. The number of rotatable bonds is 8. The molecule has 0 radical (unpaired) electrons. The summed E-state index contributed by atoms with van der Waals surface area (Å²) in [5, 5.41) is 3.81. The fourth-order valence-electron chi connectivity index (χ4n) is 2.47. The second-order valence-corrected chi connectivity index (χ2v) is 5.12. The molecule has 0 heterocycles. The van der Waals surface area contributed by atoms with Crippen LogP contribution >= 0.6 is 0 Å². The van der Waals surface area contributed by atoms with Crippen LogP contribution in [0.2, 0.25) is 0 Å². The van der Waals surface area contributed by atoms with Crippen LogP contribution in [0.5, 0.6) is 0 Å². The van der Waals surface area contributed by atoms with Gasteiger partial charge < -0.3 is 5.32 Å². The van der Waals surface area contributed by atoms with E-state index in [0.717, 1.165) is 12.8 Å². The van der Waals surface area contributed by atoms with E-state index in [1.54, 1.807) is 0 Å². The van der Waals surface area contributed by atoms with Crippen LogP contribution in [-0.4, -0.2) is 6.04 Å². The molecule has 1 aromatic rings. The van der Waals surface area contributed by atoms with Gasteiger partial charge in [-0.15, -0.1) is 0 Å². The zero-order valence-electron chi connectivity index (χ0n) is 12.5. The molecule has 0 aliphatic rings. The highest BCUT2D eigenvalue weighted by Crippen LogP contribution is 2.19. The molecule has 0 amide bonds. The Bertz CT molecular complexity index is 315. The maximum Gasteiger partial charge on any atom is 0.0320 e. The van der Waals surface area contributed by atoms with E-state index in [-0.39, 0.29) is 0 Å². The molecule has 1 rings (SSSR count). The topological polar surface area (TPSA) is 12.0 Å². The molecule has 1 heteroatoms. The molecule has 1 aromatic carbocycles. The van der Waals surface area contributed by atoms with Gasteiger partial charge in [0.2, 0.25) is 0 Å². The van der Waals surface area contributed by atoms with Gasteiger partial charge in [-0.3, -0.25) is 0 Å². The molecule has 1 N–H and O–H groups in total. The van der Waals surface area contributed by atoms with E-state index in [0.29, 0.717) is 12.1 Å². The summed E-state index contributed by atoms with van der Waals surface area (Å²) in [7, 11) is 0. The van der Waals surface area contributed by atoms with Gasteiger partial charge in [0.05, 0.1) is 0 Å². The summed E-state index contributed by atoms with van der Waals surface area (Å²) in [5.41, 5.74) is 2.86. The Morgan fingerprint density at radius 2 is 1.61 bits per heavy atom. The first-order valence-corrected chi connectivity index (χ1v) is 7.59. The monoisotopic (exact) mass is 247 g/mol. The summed E-state index contributed by atoms with van der Waals surface area (Å²) >= 11 is 0. The number of hydrogen-bond donors (Lipinski definition) is 1. The van der Waals surface area contributed by atoms with Crippen LogP contribution in [0.4, 0.5) is 0 Å². The number of nitrogens with one attached hydrogen (secondary N) is 1. The van der Waals surface area contributed by atoms with Crippen molar-refractivity contribution in [1.82, 2.24) is 5.32 Å². The predicted molar refractivity (Wildman–Crippen MR) is 81.0 cm³/mol. The van der Waals surface area contributed by atoms with Crippen molar-refractivity contribution in [2.75, 3.05) is 0 Å². The van der Waals surface area contributed by atoms with Crippen molar-refractivity contribution in [2.24, 2.45) is 0 Å². The summed E-state index contributed by atoms with van der Waals surface area (Å²) in [4.78, 5) is 0. The maximum absolute atomic E-state index is 3.81. The van der Waals surface area contributed by atoms with E-state index in [1.165, 1.54) is 30.4 Å². The van der Waals surface area contributed by atoms with Crippen molar-refractivity contribution in [1.29, 1.82) is 0 Å². The first kappa shape index (κ1) is 15.2. The molecule has 0 fully saturated rings. The number of benzene rings is 1. The zero-order valence-corrected chi connectivity index (χ0v) is 12.5. The first-order chi connectivity index (χ1) is 8.74. The minimum Gasteiger partial charge on any atom is -0.307 e. The van der Waals surface area contributed by atoms with E-state index in [4.69, 9.17) is 0 Å². The van der Waals surface area contributed by atoms with Crippen molar-refractivity contribution in [2.45, 2.75) is 71.9 Å². The molecule has 0 bridgehead atoms. The summed E-state index contributed by atoms with van der Waals surface area (Å²) in [6, 6.07) is 10.3. The van der Waals surface area contributed by atoms with Crippen molar-refractivity contribution in [3.05, 3.63) is 35.4 Å². The van der Waals surface area contributed by atoms with Gasteiger partial charge in [0.1, 0.15) is 0 Å². The zero-order chi connectivity index (χ0) is 13.4. The summed E-state index contributed by atoms with van der Waals surface area (Å²) < 4.78 is 0. The molecule has 0 aliphatic carbocycles. The highest BCUT2D eigenvalue weighted by molar-refractivity contribution is 5.25. The lowest BCUT2D eigenvalue weighted by Gasteiger charge is -2.24. The minimum atomic E-state index is 0.507. The van der Waals surface area contributed by atoms with Gasteiger partial charge in [-0.25, -0.2) is 0 Å². The highest BCUT2D eigenvalue weighted by atomic mass is 14.9. The van der Waals surface area contributed by atoms with E-state index >= 15 is 0 Å². The summed E-state index contributed by atoms with van der Waals surface area (Å²) in [6.45, 7) is 9.02. The standard InChI is InChI=1S/C17H29N/c1-5-9-16(7-3)18-17(8-4)15-12-10-14(6-2)11-13-15/h10-13,16-18H,5-9H2,1-4H3. The lowest BCUT2D eigenvalue weighted by Crippen LogP contribution is -2.32. The van der Waals surface area contributed by atoms with Crippen LogP contribution in [0, 0.1) is 0 Å². The van der Waals surface area contributed by atoms with Crippen LogP contribution in [0.1, 0.15) is 70.5 Å². The Morgan fingerprint density at radius 3 is 2.06 bits per heavy atom. The summed E-state index contributed by atoms with van der Waals surface area (Å²) in [6.07, 6.45) is 6.04. The SMILES string of the molecule is CCCC(CC)NC(CC)c1ccc(CC)cc1. The Morgan fingerprint density at radius 1 is 0.944 bits per heavy atom. The van der Waals surface area contributed by atoms with Crippen LogP contribution < -0.4 is 5.32 Å². The summed E-state index contributed by atoms with van der Waals surface area (Å²) in [5.74, 6) is 0. The second kappa shape index (κ2) is 8.31. The fourth-order valence-corrected chi connectivity index (χ4v) is 2.47. The molecule has 0 saturated heterocycles. The molecule has 0 aromatic heterocycles. The van der Waals surface area contributed by atoms with Crippen LogP contribution in [0.25, 0.3) is 0 Å². The van der Waals surface area contributed by atoms with Gasteiger partial charge in [0.15, 0.2) is 0 Å². The lowest BCUT2D eigenvalue weighted by molar-refractivity contribution is 0.394. The normalized spacial score (nSPS) is 14.4. The number of hydrogen-bond acceptors (Lipinski definition) is 1. The van der Waals surface area contributed by atoms with E-state index < -0.39 is 0 Å². The third kappa shape index (κ3) is 4.45. The van der Waals surface area contributed by atoms with Gasteiger partial charge >= 0.3 is 0 Å². The molecular formula is C17H29N. The van der Waals surface area contributed by atoms with Crippen molar-refractivity contribution in [3.8, 4) is 0 Å². The average Bonchev–Trinajstić information content (AvgIpc) is 2.43. The smallest absolute Gasteiger partial charge is 0.0320 e. The maximum atomic E-state index is 3.81. The molecular weight excluding hydrogens is 218 g/mol. The molecule has 0 saturated carbocycles. The Hall–Kier alpha value is -0.820. The van der Waals surface area contributed by atoms with Crippen molar-refractivity contribution in [3.63, 3.8) is 0 Å². The predicted octanol–water partition coefficient (Wildman–Crippen LogP) is 4.87. The Labute approximate surface area is 113 Å². The molecule has 0 aliphatic heterocycles. The van der Waals surface area contributed by atoms with Gasteiger partial charge in [0.25, 0.3) is 0 Å². The van der Waals surface area contributed by atoms with Crippen LogP contribution in [-0.2, 0) is 6.42 Å². The van der Waals surface area contributed by atoms with Gasteiger partial charge in [-0.05, 0) is 36.8 Å². The van der Waals surface area contributed by atoms with Crippen molar-refractivity contribution < 1.29 is 0 Å².